The van der Waals surface area contributed by atoms with Gasteiger partial charge >= 0.3 is 0 Å². The van der Waals surface area contributed by atoms with Gasteiger partial charge in [0.25, 0.3) is 0 Å². The molecule has 1 saturated carbocycles. The van der Waals surface area contributed by atoms with E-state index in [4.69, 9.17) is 9.47 Å². The lowest BCUT2D eigenvalue weighted by Crippen LogP contribution is -2.37. The highest BCUT2D eigenvalue weighted by Crippen LogP contribution is 2.23. The molecule has 94 valence electrons. The van der Waals surface area contributed by atoms with Crippen molar-refractivity contribution in [3.05, 3.63) is 0 Å². The summed E-state index contributed by atoms with van der Waals surface area (Å²) in [7, 11) is 0. The molecule has 16 heavy (non-hydrogen) atoms. The summed E-state index contributed by atoms with van der Waals surface area (Å²) in [5.74, 6) is 0.642. The van der Waals surface area contributed by atoms with Crippen molar-refractivity contribution in [3.63, 3.8) is 0 Å². The second-order valence-corrected chi connectivity index (χ2v) is 4.95. The van der Waals surface area contributed by atoms with Gasteiger partial charge in [-0.3, -0.25) is 0 Å². The largest absolute Gasteiger partial charge is 0.393 e. The van der Waals surface area contributed by atoms with Crippen molar-refractivity contribution in [2.75, 3.05) is 26.5 Å². The van der Waals surface area contributed by atoms with E-state index in [1.807, 2.05) is 0 Å². The van der Waals surface area contributed by atoms with Gasteiger partial charge in [0, 0.05) is 6.54 Å². The van der Waals surface area contributed by atoms with Crippen molar-refractivity contribution < 1.29 is 14.6 Å². The fourth-order valence-corrected chi connectivity index (χ4v) is 2.56. The zero-order chi connectivity index (χ0) is 11.2. The molecule has 0 aromatic heterocycles. The summed E-state index contributed by atoms with van der Waals surface area (Å²) in [6.45, 7) is 3.18. The van der Waals surface area contributed by atoms with E-state index in [0.29, 0.717) is 18.8 Å². The van der Waals surface area contributed by atoms with Crippen LogP contribution >= 0.6 is 0 Å². The molecule has 4 nitrogen and oxygen atoms in total. The summed E-state index contributed by atoms with van der Waals surface area (Å²) in [4.78, 5) is 0. The van der Waals surface area contributed by atoms with E-state index >= 15 is 0 Å². The van der Waals surface area contributed by atoms with Crippen molar-refractivity contribution in [1.29, 1.82) is 0 Å². The maximum absolute atomic E-state index is 9.56. The van der Waals surface area contributed by atoms with Crippen molar-refractivity contribution in [2.24, 2.45) is 5.92 Å². The molecule has 1 aliphatic carbocycles. The quantitative estimate of drug-likeness (QED) is 0.751. The average molecular weight is 229 g/mol. The number of hydrogen-bond acceptors (Lipinski definition) is 4. The highest BCUT2D eigenvalue weighted by Gasteiger charge is 2.20. The van der Waals surface area contributed by atoms with Crippen LogP contribution in [0.5, 0.6) is 0 Å². The fraction of sp³-hybridized carbons (Fsp3) is 1.00. The van der Waals surface area contributed by atoms with Crippen LogP contribution in [0.3, 0.4) is 0 Å². The summed E-state index contributed by atoms with van der Waals surface area (Å²) in [6, 6.07) is 0. The lowest BCUT2D eigenvalue weighted by atomic mass is 9.87. The molecule has 0 radical (unpaired) electrons. The Hall–Kier alpha value is -0.160. The summed E-state index contributed by atoms with van der Waals surface area (Å²) in [5, 5.41) is 13.0. The van der Waals surface area contributed by atoms with Gasteiger partial charge in [0.1, 0.15) is 6.79 Å². The van der Waals surface area contributed by atoms with Gasteiger partial charge in [0.2, 0.25) is 0 Å². The first-order chi connectivity index (χ1) is 7.84. The van der Waals surface area contributed by atoms with Gasteiger partial charge in [-0.25, -0.2) is 0 Å². The first-order valence-electron chi connectivity index (χ1n) is 6.42. The van der Waals surface area contributed by atoms with E-state index in [9.17, 15) is 5.11 Å². The Morgan fingerprint density at radius 3 is 2.88 bits per heavy atom. The van der Waals surface area contributed by atoms with Gasteiger partial charge in [0.15, 0.2) is 0 Å². The van der Waals surface area contributed by atoms with Crippen LogP contribution in [-0.2, 0) is 9.47 Å². The monoisotopic (exact) mass is 229 g/mol. The molecule has 0 amide bonds. The van der Waals surface area contributed by atoms with Gasteiger partial charge in [-0.15, -0.1) is 0 Å². The number of rotatable bonds is 4. The molecular formula is C12H23NO3. The van der Waals surface area contributed by atoms with E-state index in [0.717, 1.165) is 39.0 Å². The number of aliphatic hydroxyl groups excluding tert-OH is 1. The number of nitrogens with one attached hydrogen (secondary N) is 1. The Labute approximate surface area is 97.3 Å². The molecule has 0 bridgehead atoms. The van der Waals surface area contributed by atoms with Crippen LogP contribution in [0.4, 0.5) is 0 Å². The molecule has 1 aliphatic heterocycles. The third-order valence-electron chi connectivity index (χ3n) is 3.53. The van der Waals surface area contributed by atoms with E-state index < -0.39 is 0 Å². The zero-order valence-electron chi connectivity index (χ0n) is 9.86. The summed E-state index contributed by atoms with van der Waals surface area (Å²) in [5.41, 5.74) is 0. The minimum atomic E-state index is -0.0696. The van der Waals surface area contributed by atoms with Gasteiger partial charge in [0.05, 0.1) is 18.8 Å². The molecule has 3 atom stereocenters. The predicted octanol–water partition coefficient (Wildman–Crippen LogP) is 0.890. The molecule has 2 N–H and O–H groups in total. The Morgan fingerprint density at radius 2 is 2.12 bits per heavy atom. The van der Waals surface area contributed by atoms with Crippen LogP contribution in [0.1, 0.15) is 32.1 Å². The van der Waals surface area contributed by atoms with E-state index in [1.165, 1.54) is 12.8 Å². The number of aliphatic hydroxyl groups is 1. The topological polar surface area (TPSA) is 50.7 Å². The van der Waals surface area contributed by atoms with Crippen molar-refractivity contribution in [3.8, 4) is 0 Å². The number of ether oxygens (including phenoxy) is 2. The normalized spacial score (nSPS) is 36.2. The minimum Gasteiger partial charge on any atom is -0.393 e. The fourth-order valence-electron chi connectivity index (χ4n) is 2.56. The molecule has 3 unspecified atom stereocenters. The molecule has 0 aromatic carbocycles. The van der Waals surface area contributed by atoms with Crippen LogP contribution < -0.4 is 5.32 Å². The van der Waals surface area contributed by atoms with E-state index in [-0.39, 0.29) is 6.10 Å². The lowest BCUT2D eigenvalue weighted by Gasteiger charge is -2.28. The third kappa shape index (κ3) is 4.01. The summed E-state index contributed by atoms with van der Waals surface area (Å²) >= 11 is 0. The standard InChI is InChI=1S/C12H23NO3/c14-11-3-1-2-10(6-11)7-13-8-12-4-5-15-9-16-12/h10-14H,1-9H2. The predicted molar refractivity (Wildman–Crippen MR) is 61.1 cm³/mol. The smallest absolute Gasteiger partial charge is 0.147 e. The molecule has 1 saturated heterocycles. The lowest BCUT2D eigenvalue weighted by molar-refractivity contribution is -0.137. The molecule has 4 heteroatoms. The van der Waals surface area contributed by atoms with Crippen molar-refractivity contribution >= 4 is 0 Å². The van der Waals surface area contributed by atoms with E-state index in [2.05, 4.69) is 5.32 Å². The Morgan fingerprint density at radius 1 is 1.19 bits per heavy atom. The minimum absolute atomic E-state index is 0.0696. The first-order valence-corrected chi connectivity index (χ1v) is 6.42. The maximum Gasteiger partial charge on any atom is 0.147 e. The molecule has 2 fully saturated rings. The molecule has 2 rings (SSSR count). The van der Waals surface area contributed by atoms with Crippen LogP contribution in [0.25, 0.3) is 0 Å². The van der Waals surface area contributed by atoms with Gasteiger partial charge in [-0.1, -0.05) is 6.42 Å². The highest BCUT2D eigenvalue weighted by molar-refractivity contribution is 4.74. The molecule has 2 aliphatic rings. The van der Waals surface area contributed by atoms with E-state index in [1.54, 1.807) is 0 Å². The summed E-state index contributed by atoms with van der Waals surface area (Å²) in [6.07, 6.45) is 5.59. The molecular weight excluding hydrogens is 206 g/mol. The summed E-state index contributed by atoms with van der Waals surface area (Å²) < 4.78 is 10.6. The molecule has 0 spiro atoms. The van der Waals surface area contributed by atoms with Crippen LogP contribution in [0, 0.1) is 5.92 Å². The maximum atomic E-state index is 9.56. The van der Waals surface area contributed by atoms with Gasteiger partial charge in [-0.2, -0.15) is 0 Å². The van der Waals surface area contributed by atoms with Crippen molar-refractivity contribution in [2.45, 2.75) is 44.3 Å². The molecule has 1 heterocycles. The van der Waals surface area contributed by atoms with Crippen molar-refractivity contribution in [1.82, 2.24) is 5.32 Å². The highest BCUT2D eigenvalue weighted by atomic mass is 16.7. The second kappa shape index (κ2) is 6.55. The van der Waals surface area contributed by atoms with Crippen LogP contribution in [-0.4, -0.2) is 43.8 Å². The zero-order valence-corrected chi connectivity index (χ0v) is 9.86. The SMILES string of the molecule is OC1CCCC(CNCC2CCOCO2)C1. The Bertz CT molecular complexity index is 195. The van der Waals surface area contributed by atoms with Crippen LogP contribution in [0.15, 0.2) is 0 Å². The molecule has 0 aromatic rings. The number of hydrogen-bond donors (Lipinski definition) is 2. The van der Waals surface area contributed by atoms with Gasteiger partial charge in [-0.05, 0) is 38.1 Å². The third-order valence-corrected chi connectivity index (χ3v) is 3.53. The van der Waals surface area contributed by atoms with Gasteiger partial charge < -0.3 is 19.9 Å². The first kappa shape index (κ1) is 12.3. The Balaban J connectivity index is 1.56. The second-order valence-electron chi connectivity index (χ2n) is 4.95. The van der Waals surface area contributed by atoms with Crippen LogP contribution in [0.2, 0.25) is 0 Å². The Kier molecular flexibility index (Phi) is 5.03. The average Bonchev–Trinajstić information content (AvgIpc) is 2.30.